The van der Waals surface area contributed by atoms with E-state index in [4.69, 9.17) is 5.73 Å². The second kappa shape index (κ2) is 28.7. The van der Waals surface area contributed by atoms with Crippen LogP contribution in [0.1, 0.15) is 70.6 Å². The number of H-pyrrole nitrogens is 1. The van der Waals surface area contributed by atoms with Crippen LogP contribution in [0.25, 0.3) is 10.9 Å². The molecule has 0 spiro atoms. The number of carboxylic acid groups (broad SMARTS) is 2. The Kier molecular flexibility index (Phi) is 22.9. The number of amides is 7. The summed E-state index contributed by atoms with van der Waals surface area (Å²) < 4.78 is 0. The largest absolute Gasteiger partial charge is 0.508 e. The number of fused-ring (bicyclic) bond motifs is 1. The first-order valence-corrected chi connectivity index (χ1v) is 25.6. The number of phenols is 1. The standard InChI is InChI=1S/C52H69N9O12S/c1-28(2)22-39(50(70)61-44(29(3)4)51(71)56-38(52(72)73)20-21-74-6)58-48(68)41(23-31-12-8-7-9-13-31)59-49(69)42(26-43(63)64)60-47(67)40(24-32-16-18-34(62)19-17-32)57-45(65)30(5)55-46(66)36(53)25-33-27-54-37-15-11-10-14-35(33)37/h7-19,27-30,36,38-42,44,54,62H,20-26,53H2,1-6H3,(H,55,66)(H,56,71)(H,57,65)(H,58,68)(H,59,69)(H,60,67)(H,61,70)(H,63,64)(H,72,73)/t30-,36-,38-,39-,40-,41-,42-,44-/m0/s1. The third-order valence-corrected chi connectivity index (χ3v) is 12.6. The number of aliphatic carboxylic acids is 2. The highest BCUT2D eigenvalue weighted by Crippen LogP contribution is 2.19. The lowest BCUT2D eigenvalue weighted by molar-refractivity contribution is -0.143. The number of carboxylic acids is 2. The molecule has 13 N–H and O–H groups in total. The molecule has 22 heteroatoms. The van der Waals surface area contributed by atoms with Crippen molar-refractivity contribution in [2.24, 2.45) is 17.6 Å². The van der Waals surface area contributed by atoms with Gasteiger partial charge in [-0.2, -0.15) is 11.8 Å². The van der Waals surface area contributed by atoms with Gasteiger partial charge in [0.05, 0.1) is 12.5 Å². The molecule has 0 fully saturated rings. The smallest absolute Gasteiger partial charge is 0.326 e. The number of benzene rings is 3. The molecule has 0 aliphatic carbocycles. The Morgan fingerprint density at radius 3 is 1.69 bits per heavy atom. The van der Waals surface area contributed by atoms with Gasteiger partial charge in [-0.15, -0.1) is 0 Å². The fourth-order valence-corrected chi connectivity index (χ4v) is 8.37. The van der Waals surface area contributed by atoms with Crippen LogP contribution < -0.4 is 43.0 Å². The summed E-state index contributed by atoms with van der Waals surface area (Å²) in [5, 5.41) is 48.4. The average molecular weight is 1040 g/mol. The van der Waals surface area contributed by atoms with E-state index in [0.29, 0.717) is 16.9 Å². The minimum absolute atomic E-state index is 0.0629. The van der Waals surface area contributed by atoms with E-state index in [9.17, 15) is 58.5 Å². The van der Waals surface area contributed by atoms with Gasteiger partial charge >= 0.3 is 11.9 Å². The maximum Gasteiger partial charge on any atom is 0.326 e. The van der Waals surface area contributed by atoms with Gasteiger partial charge in [0.2, 0.25) is 41.4 Å². The summed E-state index contributed by atoms with van der Waals surface area (Å²) in [7, 11) is 0. The van der Waals surface area contributed by atoms with Crippen LogP contribution >= 0.6 is 11.8 Å². The summed E-state index contributed by atoms with van der Waals surface area (Å²) in [4.78, 5) is 124. The Morgan fingerprint density at radius 1 is 0.581 bits per heavy atom. The van der Waals surface area contributed by atoms with Crippen molar-refractivity contribution < 1.29 is 58.5 Å². The first-order chi connectivity index (χ1) is 35.1. The predicted molar refractivity (Wildman–Crippen MR) is 278 cm³/mol. The topological polar surface area (TPSA) is 340 Å². The third kappa shape index (κ3) is 18.5. The zero-order chi connectivity index (χ0) is 54.6. The van der Waals surface area contributed by atoms with E-state index < -0.39 is 114 Å². The Bertz CT molecular complexity index is 2580. The van der Waals surface area contributed by atoms with Crippen LogP contribution in [0, 0.1) is 11.8 Å². The minimum atomic E-state index is -1.84. The Balaban J connectivity index is 1.55. The van der Waals surface area contributed by atoms with E-state index in [-0.39, 0.29) is 43.8 Å². The van der Waals surface area contributed by atoms with Gasteiger partial charge in [-0.25, -0.2) is 4.79 Å². The van der Waals surface area contributed by atoms with Crippen molar-refractivity contribution in [1.82, 2.24) is 42.2 Å². The zero-order valence-corrected chi connectivity index (χ0v) is 43.1. The Labute approximate surface area is 433 Å². The van der Waals surface area contributed by atoms with Gasteiger partial charge in [-0.1, -0.05) is 88.4 Å². The summed E-state index contributed by atoms with van der Waals surface area (Å²) in [6.45, 7) is 8.28. The number of aromatic hydroxyl groups is 1. The van der Waals surface area contributed by atoms with Crippen LogP contribution in [-0.2, 0) is 62.4 Å². The highest BCUT2D eigenvalue weighted by atomic mass is 32.2. The number of hydrogen-bond donors (Lipinski definition) is 12. The number of hydrogen-bond acceptors (Lipinski definition) is 12. The second-order valence-electron chi connectivity index (χ2n) is 18.8. The molecule has 0 saturated carbocycles. The first kappa shape index (κ1) is 59.1. The molecule has 74 heavy (non-hydrogen) atoms. The van der Waals surface area contributed by atoms with Crippen molar-refractivity contribution in [2.75, 3.05) is 12.0 Å². The van der Waals surface area contributed by atoms with E-state index in [1.165, 1.54) is 43.0 Å². The number of aromatic amines is 1. The molecule has 0 radical (unpaired) electrons. The molecule has 0 aliphatic rings. The number of carbonyl (C=O) groups is 9. The monoisotopic (exact) mass is 1040 g/mol. The molecule has 0 bridgehead atoms. The van der Waals surface area contributed by atoms with Crippen LogP contribution in [0.4, 0.5) is 0 Å². The number of nitrogens with one attached hydrogen (secondary N) is 8. The molecule has 1 aromatic heterocycles. The van der Waals surface area contributed by atoms with Gasteiger partial charge in [-0.3, -0.25) is 38.4 Å². The van der Waals surface area contributed by atoms with Gasteiger partial charge in [0, 0.05) is 29.9 Å². The van der Waals surface area contributed by atoms with Crippen LogP contribution in [0.5, 0.6) is 5.75 Å². The van der Waals surface area contributed by atoms with Gasteiger partial charge in [0.25, 0.3) is 0 Å². The molecule has 0 unspecified atom stereocenters. The highest BCUT2D eigenvalue weighted by molar-refractivity contribution is 7.98. The average Bonchev–Trinajstić information content (AvgIpc) is 3.75. The number of aromatic nitrogens is 1. The SMILES string of the molecule is CSCC[C@H](NC(=O)[C@@H](NC(=O)[C@H](CC(C)C)NC(=O)[C@H](Cc1ccccc1)NC(=O)[C@H](CC(=O)O)NC(=O)[C@H](Cc1ccc(O)cc1)NC(=O)[C@H](C)NC(=O)[C@@H](N)Cc1c[nH]c2ccccc12)C(C)C)C(=O)O. The van der Waals surface area contributed by atoms with Gasteiger partial charge in [0.1, 0.15) is 48.0 Å². The van der Waals surface area contributed by atoms with Crippen molar-refractivity contribution >= 4 is 76.0 Å². The highest BCUT2D eigenvalue weighted by Gasteiger charge is 2.36. The molecule has 0 saturated heterocycles. The normalized spacial score (nSPS) is 14.5. The molecule has 1 heterocycles. The summed E-state index contributed by atoms with van der Waals surface area (Å²) in [5.74, 6) is -9.05. The van der Waals surface area contributed by atoms with Gasteiger partial charge < -0.3 is 63.3 Å². The number of rotatable bonds is 29. The molecule has 0 aliphatic heterocycles. The lowest BCUT2D eigenvalue weighted by atomic mass is 9.98. The maximum atomic E-state index is 14.3. The van der Waals surface area contributed by atoms with Crippen LogP contribution in [-0.4, -0.2) is 134 Å². The molecular formula is C52H69N9O12S. The van der Waals surface area contributed by atoms with Crippen LogP contribution in [0.15, 0.2) is 85.1 Å². The number of nitrogens with two attached hydrogens (primary N) is 1. The van der Waals surface area contributed by atoms with E-state index in [1.807, 2.05) is 24.3 Å². The molecule has 8 atom stereocenters. The van der Waals surface area contributed by atoms with Crippen LogP contribution in [0.2, 0.25) is 0 Å². The summed E-state index contributed by atoms with van der Waals surface area (Å²) >= 11 is 1.40. The van der Waals surface area contributed by atoms with Crippen molar-refractivity contribution in [1.29, 1.82) is 0 Å². The number of phenolic OH excluding ortho intramolecular Hbond substituents is 1. The summed E-state index contributed by atoms with van der Waals surface area (Å²) in [6, 6.07) is 10.8. The molecule has 7 amide bonds. The van der Waals surface area contributed by atoms with Crippen molar-refractivity contribution in [3.05, 3.63) is 102 Å². The molecule has 4 aromatic rings. The molecule has 3 aromatic carbocycles. The first-order valence-electron chi connectivity index (χ1n) is 24.2. The predicted octanol–water partition coefficient (Wildman–Crippen LogP) is 1.66. The van der Waals surface area contributed by atoms with Gasteiger partial charge in [0.15, 0.2) is 0 Å². The van der Waals surface area contributed by atoms with Crippen molar-refractivity contribution in [3.63, 3.8) is 0 Å². The molecule has 21 nitrogen and oxygen atoms in total. The molecular weight excluding hydrogens is 975 g/mol. The van der Waals surface area contributed by atoms with Gasteiger partial charge in [-0.05, 0) is 84.9 Å². The van der Waals surface area contributed by atoms with Crippen molar-refractivity contribution in [2.45, 2.75) is 121 Å². The molecule has 400 valence electrons. The van der Waals surface area contributed by atoms with Crippen LogP contribution in [0.3, 0.4) is 0 Å². The van der Waals surface area contributed by atoms with E-state index >= 15 is 0 Å². The lowest BCUT2D eigenvalue weighted by Gasteiger charge is -2.29. The number of thioether (sulfide) groups is 1. The maximum absolute atomic E-state index is 14.3. The zero-order valence-electron chi connectivity index (χ0n) is 42.3. The second-order valence-corrected chi connectivity index (χ2v) is 19.8. The fourth-order valence-electron chi connectivity index (χ4n) is 7.90. The fraction of sp³-hybridized carbons (Fsp3) is 0.442. The lowest BCUT2D eigenvalue weighted by Crippen LogP contribution is -2.61. The van der Waals surface area contributed by atoms with E-state index in [1.54, 1.807) is 70.5 Å². The van der Waals surface area contributed by atoms with Crippen molar-refractivity contribution in [3.8, 4) is 5.75 Å². The number of para-hydroxylation sites is 1. The van der Waals surface area contributed by atoms with E-state index in [2.05, 4.69) is 42.2 Å². The van der Waals surface area contributed by atoms with E-state index in [0.717, 1.165) is 16.5 Å². The summed E-state index contributed by atoms with van der Waals surface area (Å²) in [6.07, 6.45) is 2.51. The summed E-state index contributed by atoms with van der Waals surface area (Å²) in [5.41, 5.74) is 8.89. The quantitative estimate of drug-likeness (QED) is 0.0368. The third-order valence-electron chi connectivity index (χ3n) is 12.0. The Hall–Kier alpha value is -7.46. The number of carbonyl (C=O) groups excluding carboxylic acids is 7. The molecule has 4 rings (SSSR count). The minimum Gasteiger partial charge on any atom is -0.508 e. The Morgan fingerprint density at radius 2 is 1.11 bits per heavy atom.